The lowest BCUT2D eigenvalue weighted by Gasteiger charge is -2.46. The first-order valence-electron chi connectivity index (χ1n) is 44.1. The molecule has 1 amide bonds. The van der Waals surface area contributed by atoms with Gasteiger partial charge in [-0.2, -0.15) is 0 Å². The van der Waals surface area contributed by atoms with Crippen molar-refractivity contribution in [1.82, 2.24) is 5.32 Å². The largest absolute Gasteiger partial charge is 0.394 e. The van der Waals surface area contributed by atoms with Crippen molar-refractivity contribution in [3.63, 3.8) is 0 Å². The minimum Gasteiger partial charge on any atom is -0.394 e. The van der Waals surface area contributed by atoms with Crippen LogP contribution in [-0.4, -0.2) is 140 Å². The summed E-state index contributed by atoms with van der Waals surface area (Å²) >= 11 is 0. The molecule has 0 aliphatic carbocycles. The van der Waals surface area contributed by atoms with Gasteiger partial charge in [0.15, 0.2) is 12.6 Å². The normalized spacial score (nSPS) is 21.8. The number of carbonyl (C=O) groups excluding carboxylic acids is 1. The van der Waals surface area contributed by atoms with Crippen LogP contribution in [-0.2, 0) is 23.7 Å². The molecule has 2 rings (SSSR count). The monoisotopic (exact) mass is 1430 g/mol. The van der Waals surface area contributed by atoms with E-state index < -0.39 is 86.8 Å². The second-order valence-corrected chi connectivity index (χ2v) is 31.4. The molecule has 2 fully saturated rings. The van der Waals surface area contributed by atoms with Crippen molar-refractivity contribution in [1.29, 1.82) is 0 Å². The maximum atomic E-state index is 13.4. The lowest BCUT2D eigenvalue weighted by atomic mass is 9.97. The summed E-state index contributed by atoms with van der Waals surface area (Å²) in [6.07, 6.45) is 77.3. The topological polar surface area (TPSA) is 228 Å². The van der Waals surface area contributed by atoms with Crippen LogP contribution in [0.4, 0.5) is 0 Å². The molecule has 0 saturated carbocycles. The number of carbonyl (C=O) groups is 1. The fourth-order valence-corrected chi connectivity index (χ4v) is 15.0. The minimum atomic E-state index is -1.79. The van der Waals surface area contributed by atoms with Crippen LogP contribution < -0.4 is 5.32 Å². The highest BCUT2D eigenvalue weighted by Crippen LogP contribution is 2.31. The Morgan fingerprint density at radius 2 is 0.634 bits per heavy atom. The van der Waals surface area contributed by atoms with Crippen molar-refractivity contribution in [2.45, 2.75) is 505 Å². The van der Waals surface area contributed by atoms with E-state index in [0.29, 0.717) is 12.8 Å². The highest BCUT2D eigenvalue weighted by atomic mass is 16.7. The second kappa shape index (κ2) is 71.4. The molecule has 0 aromatic rings. The van der Waals surface area contributed by atoms with Crippen molar-refractivity contribution in [2.75, 3.05) is 19.8 Å². The van der Waals surface area contributed by atoms with E-state index in [1.165, 1.54) is 366 Å². The molecule has 2 heterocycles. The first-order chi connectivity index (χ1) is 49.6. The average Bonchev–Trinajstić information content (AvgIpc) is 0.792. The first kappa shape index (κ1) is 95.5. The smallest absolute Gasteiger partial charge is 0.220 e. The molecule has 598 valence electrons. The van der Waals surface area contributed by atoms with Crippen LogP contribution in [0, 0.1) is 0 Å². The average molecular weight is 1440 g/mol. The number of aliphatic hydroxyl groups excluding tert-OH is 8. The summed E-state index contributed by atoms with van der Waals surface area (Å²) in [5.41, 5.74) is 0. The molecule has 2 aliphatic heterocycles. The van der Waals surface area contributed by atoms with Gasteiger partial charge in [-0.15, -0.1) is 0 Å². The Hall–Kier alpha value is -1.53. The Morgan fingerprint density at radius 3 is 0.970 bits per heavy atom. The first-order valence-corrected chi connectivity index (χ1v) is 44.1. The number of hydrogen-bond donors (Lipinski definition) is 9. The number of allylic oxidation sites excluding steroid dienone is 3. The highest BCUT2D eigenvalue weighted by Gasteiger charge is 2.51. The van der Waals surface area contributed by atoms with Crippen LogP contribution in [0.5, 0.6) is 0 Å². The summed E-state index contributed by atoms with van der Waals surface area (Å²) in [5.74, 6) is -0.238. The van der Waals surface area contributed by atoms with Crippen LogP contribution in [0.15, 0.2) is 24.3 Å². The van der Waals surface area contributed by atoms with Crippen LogP contribution in [0.1, 0.15) is 431 Å². The van der Waals surface area contributed by atoms with Gasteiger partial charge >= 0.3 is 0 Å². The van der Waals surface area contributed by atoms with Gasteiger partial charge in [0.25, 0.3) is 0 Å². The Balaban J connectivity index is 1.58. The summed E-state index contributed by atoms with van der Waals surface area (Å²) in [7, 11) is 0. The van der Waals surface area contributed by atoms with Gasteiger partial charge in [-0.25, -0.2) is 0 Å². The molecule has 9 N–H and O–H groups in total. The van der Waals surface area contributed by atoms with Crippen LogP contribution >= 0.6 is 0 Å². The van der Waals surface area contributed by atoms with Gasteiger partial charge in [0, 0.05) is 6.42 Å². The van der Waals surface area contributed by atoms with Crippen molar-refractivity contribution in [3.05, 3.63) is 24.3 Å². The maximum absolute atomic E-state index is 13.4. The van der Waals surface area contributed by atoms with E-state index in [1.54, 1.807) is 6.08 Å². The van der Waals surface area contributed by atoms with E-state index in [-0.39, 0.29) is 18.9 Å². The lowest BCUT2D eigenvalue weighted by Crippen LogP contribution is -2.65. The van der Waals surface area contributed by atoms with Gasteiger partial charge in [0.05, 0.1) is 32.0 Å². The third-order valence-electron chi connectivity index (χ3n) is 21.9. The Bertz CT molecular complexity index is 1790. The molecule has 0 aromatic carbocycles. The quantitative estimate of drug-likeness (QED) is 0.0204. The predicted molar refractivity (Wildman–Crippen MR) is 420 cm³/mol. The molecule has 0 radical (unpaired) electrons. The molecular weight excluding hydrogens is 1270 g/mol. The molecule has 101 heavy (non-hydrogen) atoms. The van der Waals surface area contributed by atoms with Crippen LogP contribution in [0.3, 0.4) is 0 Å². The summed E-state index contributed by atoms with van der Waals surface area (Å²) in [4.78, 5) is 13.4. The number of rotatable bonds is 76. The number of ether oxygens (including phenoxy) is 4. The number of nitrogens with one attached hydrogen (secondary N) is 1. The SMILES string of the molecule is CCCCCCCCCCCCCCCCCCCCCCCCCCCCC/C=C/CC/C=C/C(O)C(COC1OC(CO)C(OC2OC(CO)C(O)C(O)C2O)C(O)C1O)NC(=O)CCCCCCCCCCCCCCCCCCCCCCCCCCCCCCCCCCCC. The molecule has 0 bridgehead atoms. The van der Waals surface area contributed by atoms with E-state index >= 15 is 0 Å². The van der Waals surface area contributed by atoms with E-state index in [2.05, 4.69) is 31.3 Å². The molecule has 0 aromatic heterocycles. The van der Waals surface area contributed by atoms with Gasteiger partial charge in [-0.3, -0.25) is 4.79 Å². The number of amides is 1. The zero-order chi connectivity index (χ0) is 73.0. The molecule has 2 saturated heterocycles. The molecule has 14 nitrogen and oxygen atoms in total. The number of unbranched alkanes of at least 4 members (excludes halogenated alkanes) is 61. The summed E-state index contributed by atoms with van der Waals surface area (Å²) in [5, 5.41) is 87.8. The van der Waals surface area contributed by atoms with Crippen molar-refractivity contribution in [3.8, 4) is 0 Å². The van der Waals surface area contributed by atoms with E-state index in [9.17, 15) is 45.6 Å². The third kappa shape index (κ3) is 53.8. The third-order valence-corrected chi connectivity index (χ3v) is 21.9. The van der Waals surface area contributed by atoms with Crippen molar-refractivity contribution < 1.29 is 64.6 Å². The van der Waals surface area contributed by atoms with Gasteiger partial charge in [0.2, 0.25) is 5.91 Å². The van der Waals surface area contributed by atoms with Gasteiger partial charge in [-0.1, -0.05) is 417 Å². The molecule has 2 aliphatic rings. The Labute approximate surface area is 621 Å². The van der Waals surface area contributed by atoms with Gasteiger partial charge < -0.3 is 65.1 Å². The number of hydrogen-bond acceptors (Lipinski definition) is 13. The van der Waals surface area contributed by atoms with E-state index in [1.807, 2.05) is 6.08 Å². The van der Waals surface area contributed by atoms with Gasteiger partial charge in [-0.05, 0) is 32.1 Å². The second-order valence-electron chi connectivity index (χ2n) is 31.4. The van der Waals surface area contributed by atoms with E-state index in [4.69, 9.17) is 18.9 Å². The summed E-state index contributed by atoms with van der Waals surface area (Å²) in [6, 6.07) is -0.931. The lowest BCUT2D eigenvalue weighted by molar-refractivity contribution is -0.359. The van der Waals surface area contributed by atoms with Crippen LogP contribution in [0.2, 0.25) is 0 Å². The molecular formula is C87H167NO13. The summed E-state index contributed by atoms with van der Waals surface area (Å²) < 4.78 is 22.9. The zero-order valence-corrected chi connectivity index (χ0v) is 65.9. The van der Waals surface area contributed by atoms with Crippen molar-refractivity contribution >= 4 is 5.91 Å². The fourth-order valence-electron chi connectivity index (χ4n) is 15.0. The summed E-state index contributed by atoms with van der Waals surface area (Å²) in [6.45, 7) is 2.87. The maximum Gasteiger partial charge on any atom is 0.220 e. The molecule has 12 atom stereocenters. The molecule has 12 unspecified atom stereocenters. The number of aliphatic hydroxyl groups is 8. The van der Waals surface area contributed by atoms with Gasteiger partial charge in [0.1, 0.15) is 48.8 Å². The fraction of sp³-hybridized carbons (Fsp3) is 0.943. The molecule has 14 heteroatoms. The van der Waals surface area contributed by atoms with Crippen LogP contribution in [0.25, 0.3) is 0 Å². The predicted octanol–water partition coefficient (Wildman–Crippen LogP) is 21.0. The highest BCUT2D eigenvalue weighted by molar-refractivity contribution is 5.76. The Morgan fingerprint density at radius 1 is 0.347 bits per heavy atom. The standard InChI is InChI=1S/C87H167NO13/c1-3-5-7-9-11-13-15-17-19-21-23-25-27-29-31-33-35-37-39-41-43-45-47-49-51-53-55-57-59-61-63-65-67-69-71-79(92)88-75(74-98-86-84(97)82(95)85(78(73-90)100-86)101-87-83(96)81(94)80(93)77(72-89)99-87)76(91)70-68-66-64-62-60-58-56-54-52-50-48-46-44-42-40-38-36-34-32-30-28-26-24-22-20-18-16-14-12-10-8-6-4-2/h60,62,68,70,75-78,80-87,89-91,93-97H,3-59,61,63-67,69,71-74H2,1-2H3,(H,88,92)/b62-60+,70-68+. The Kier molecular flexibility index (Phi) is 67.5. The van der Waals surface area contributed by atoms with E-state index in [0.717, 1.165) is 32.1 Å². The minimum absolute atomic E-state index is 0.238. The van der Waals surface area contributed by atoms with Crippen molar-refractivity contribution in [2.24, 2.45) is 0 Å². The molecule has 0 spiro atoms. The zero-order valence-electron chi connectivity index (χ0n) is 65.9.